The Morgan fingerprint density at radius 2 is 1.28 bits per heavy atom. The minimum absolute atomic E-state index is 0.0907. The molecule has 3 aromatic rings. The Kier molecular flexibility index (Phi) is 6.43. The van der Waals surface area contributed by atoms with Gasteiger partial charge in [-0.25, -0.2) is 30.7 Å². The molecule has 0 atom stereocenters. The van der Waals surface area contributed by atoms with Crippen molar-refractivity contribution in [3.8, 4) is 16.9 Å². The summed E-state index contributed by atoms with van der Waals surface area (Å²) in [7, 11) is 0. The molecule has 32 heavy (non-hydrogen) atoms. The molecule has 0 radical (unpaired) electrons. The normalized spacial score (nSPS) is 11.7. The van der Waals surface area contributed by atoms with Crippen molar-refractivity contribution in [3.05, 3.63) is 88.2 Å². The zero-order chi connectivity index (χ0) is 23.8. The summed E-state index contributed by atoms with van der Waals surface area (Å²) in [5, 5.41) is 0. The van der Waals surface area contributed by atoms with E-state index in [9.17, 15) is 39.5 Å². The molecule has 0 aromatic heterocycles. The van der Waals surface area contributed by atoms with Gasteiger partial charge in [-0.2, -0.15) is 8.78 Å². The number of alkyl halides is 2. The summed E-state index contributed by atoms with van der Waals surface area (Å²) >= 11 is 0. The van der Waals surface area contributed by atoms with E-state index in [1.807, 2.05) is 0 Å². The van der Waals surface area contributed by atoms with Crippen LogP contribution in [0.15, 0.2) is 36.4 Å². The quantitative estimate of drug-likeness (QED) is 0.273. The molecule has 0 fully saturated rings. The van der Waals surface area contributed by atoms with Gasteiger partial charge in [-0.3, -0.25) is 0 Å². The first-order chi connectivity index (χ1) is 14.9. The molecule has 0 heterocycles. The van der Waals surface area contributed by atoms with Gasteiger partial charge in [0.25, 0.3) is 0 Å². The summed E-state index contributed by atoms with van der Waals surface area (Å²) in [6, 6.07) is 2.40. The van der Waals surface area contributed by atoms with Crippen molar-refractivity contribution in [1.82, 2.24) is 0 Å². The number of ether oxygens (including phenoxy) is 1. The molecule has 0 aliphatic rings. The van der Waals surface area contributed by atoms with Crippen LogP contribution < -0.4 is 4.74 Å². The summed E-state index contributed by atoms with van der Waals surface area (Å²) in [5.41, 5.74) is -3.45. The molecule has 10 heteroatoms. The molecule has 170 valence electrons. The van der Waals surface area contributed by atoms with Gasteiger partial charge in [0, 0.05) is 11.6 Å². The van der Waals surface area contributed by atoms with E-state index in [1.165, 1.54) is 0 Å². The number of benzene rings is 3. The lowest BCUT2D eigenvalue weighted by molar-refractivity contribution is -0.190. The lowest BCUT2D eigenvalue weighted by atomic mass is 10.0. The Labute approximate surface area is 176 Å². The Balaban J connectivity index is 2.14. The van der Waals surface area contributed by atoms with Gasteiger partial charge in [-0.15, -0.1) is 0 Å². The number of hydrogen-bond acceptors (Lipinski definition) is 1. The van der Waals surface area contributed by atoms with Crippen molar-refractivity contribution in [1.29, 1.82) is 0 Å². The van der Waals surface area contributed by atoms with Crippen LogP contribution in [0.25, 0.3) is 11.1 Å². The van der Waals surface area contributed by atoms with Crippen LogP contribution in [0.5, 0.6) is 5.75 Å². The van der Waals surface area contributed by atoms with Gasteiger partial charge in [-0.1, -0.05) is 13.3 Å². The van der Waals surface area contributed by atoms with Crippen LogP contribution in [0.3, 0.4) is 0 Å². The van der Waals surface area contributed by atoms with Gasteiger partial charge in [0.15, 0.2) is 29.0 Å². The van der Waals surface area contributed by atoms with Gasteiger partial charge in [0.2, 0.25) is 0 Å². The predicted molar refractivity (Wildman–Crippen MR) is 96.5 cm³/mol. The zero-order valence-electron chi connectivity index (χ0n) is 16.2. The highest BCUT2D eigenvalue weighted by Crippen LogP contribution is 2.41. The van der Waals surface area contributed by atoms with E-state index >= 15 is 0 Å². The maximum Gasteiger partial charge on any atom is 0.432 e. The third-order valence-electron chi connectivity index (χ3n) is 4.47. The van der Waals surface area contributed by atoms with Crippen LogP contribution in [-0.4, -0.2) is 0 Å². The van der Waals surface area contributed by atoms with Crippen LogP contribution in [0, 0.1) is 40.7 Å². The van der Waals surface area contributed by atoms with Gasteiger partial charge >= 0.3 is 6.11 Å². The molecule has 3 rings (SSSR count). The van der Waals surface area contributed by atoms with Crippen LogP contribution in [-0.2, 0) is 12.5 Å². The highest BCUT2D eigenvalue weighted by atomic mass is 19.3. The highest BCUT2D eigenvalue weighted by Gasteiger charge is 2.42. The molecule has 0 saturated carbocycles. The molecule has 1 nitrogen and oxygen atoms in total. The van der Waals surface area contributed by atoms with Crippen molar-refractivity contribution in [2.45, 2.75) is 25.9 Å². The average molecular weight is 464 g/mol. The minimum Gasteiger partial charge on any atom is -0.425 e. The Bertz CT molecular complexity index is 1130. The van der Waals surface area contributed by atoms with E-state index in [0.717, 1.165) is 0 Å². The van der Waals surface area contributed by atoms with Crippen molar-refractivity contribution >= 4 is 0 Å². The van der Waals surface area contributed by atoms with Gasteiger partial charge in [0.05, 0.1) is 0 Å². The third kappa shape index (κ3) is 4.53. The van der Waals surface area contributed by atoms with E-state index in [0.29, 0.717) is 36.8 Å². The summed E-state index contributed by atoms with van der Waals surface area (Å²) in [5.74, 6) is -13.4. The summed E-state index contributed by atoms with van der Waals surface area (Å²) in [4.78, 5) is 0. The number of hydrogen-bond donors (Lipinski definition) is 0. The predicted octanol–water partition coefficient (Wildman–Crippen LogP) is 7.41. The Hall–Kier alpha value is -3.17. The van der Waals surface area contributed by atoms with Crippen molar-refractivity contribution in [2.75, 3.05) is 0 Å². The largest absolute Gasteiger partial charge is 0.432 e. The SMILES string of the molecule is CCCc1cc(F)c(C(F)(F)Oc2c(F)cc(F)cc2-c2cc(F)c(F)c(F)c2)c(F)c1. The van der Waals surface area contributed by atoms with E-state index in [4.69, 9.17) is 0 Å². The van der Waals surface area contributed by atoms with Crippen molar-refractivity contribution in [3.63, 3.8) is 0 Å². The average Bonchev–Trinajstić information content (AvgIpc) is 2.67. The van der Waals surface area contributed by atoms with E-state index in [1.54, 1.807) is 6.92 Å². The Morgan fingerprint density at radius 3 is 1.81 bits per heavy atom. The Morgan fingerprint density at radius 1 is 0.719 bits per heavy atom. The molecule has 0 bridgehead atoms. The second kappa shape index (κ2) is 8.76. The van der Waals surface area contributed by atoms with Gasteiger partial charge < -0.3 is 4.74 Å². The first kappa shape index (κ1) is 23.5. The minimum atomic E-state index is -4.82. The van der Waals surface area contributed by atoms with Crippen LogP contribution in [0.4, 0.5) is 39.5 Å². The standard InChI is InChI=1S/C22H13F9O/c1-2-3-10-4-14(24)19(15(25)5-10)22(30,31)32-21-13(8-12(23)9-18(21)28)11-6-16(26)20(29)17(27)7-11/h4-9H,2-3H2,1H3. The molecule has 3 aromatic carbocycles. The van der Waals surface area contributed by atoms with Gasteiger partial charge in [-0.05, 0) is 47.9 Å². The molecule has 0 amide bonds. The molecule has 0 aliphatic heterocycles. The highest BCUT2D eigenvalue weighted by molar-refractivity contribution is 5.71. The molecule has 0 saturated heterocycles. The van der Waals surface area contributed by atoms with Crippen LogP contribution in [0.2, 0.25) is 0 Å². The zero-order valence-corrected chi connectivity index (χ0v) is 16.2. The number of rotatable bonds is 6. The monoisotopic (exact) mass is 464 g/mol. The first-order valence-electron chi connectivity index (χ1n) is 9.13. The van der Waals surface area contributed by atoms with Gasteiger partial charge in [0.1, 0.15) is 23.0 Å². The molecule has 0 aliphatic carbocycles. The smallest absolute Gasteiger partial charge is 0.425 e. The fourth-order valence-electron chi connectivity index (χ4n) is 3.11. The molecule has 0 N–H and O–H groups in total. The van der Waals surface area contributed by atoms with Crippen molar-refractivity contribution < 1.29 is 44.3 Å². The number of aryl methyl sites for hydroxylation is 1. The second-order valence-electron chi connectivity index (χ2n) is 6.82. The first-order valence-corrected chi connectivity index (χ1v) is 9.13. The maximum atomic E-state index is 14.7. The maximum absolute atomic E-state index is 14.7. The summed E-state index contributed by atoms with van der Waals surface area (Å²) in [6.45, 7) is 1.70. The molecular weight excluding hydrogens is 451 g/mol. The van der Waals surface area contributed by atoms with Crippen LogP contribution >= 0.6 is 0 Å². The fourth-order valence-corrected chi connectivity index (χ4v) is 3.11. The lowest BCUT2D eigenvalue weighted by Gasteiger charge is -2.22. The summed E-state index contributed by atoms with van der Waals surface area (Å²) < 4.78 is 131. The van der Waals surface area contributed by atoms with E-state index in [2.05, 4.69) is 4.74 Å². The topological polar surface area (TPSA) is 9.23 Å². The second-order valence-corrected chi connectivity index (χ2v) is 6.82. The van der Waals surface area contributed by atoms with E-state index in [-0.39, 0.29) is 18.1 Å². The molecule has 0 unspecified atom stereocenters. The third-order valence-corrected chi connectivity index (χ3v) is 4.47. The van der Waals surface area contributed by atoms with E-state index < -0.39 is 69.3 Å². The van der Waals surface area contributed by atoms with Crippen molar-refractivity contribution in [2.24, 2.45) is 0 Å². The fraction of sp³-hybridized carbons (Fsp3) is 0.182. The van der Waals surface area contributed by atoms with Crippen LogP contribution in [0.1, 0.15) is 24.5 Å². The summed E-state index contributed by atoms with van der Waals surface area (Å²) in [6.07, 6.45) is -4.15. The molecule has 0 spiro atoms. The number of halogens is 9. The molecular formula is C22H13F9O. The lowest BCUT2D eigenvalue weighted by Crippen LogP contribution is -2.26.